The lowest BCUT2D eigenvalue weighted by Crippen LogP contribution is -2.56. The van der Waals surface area contributed by atoms with Crippen LogP contribution in [-0.2, 0) is 17.5 Å². The molecular weight excluding hydrogens is 526 g/mol. The Morgan fingerprint density at radius 1 is 1.02 bits per heavy atom. The van der Waals surface area contributed by atoms with Crippen molar-refractivity contribution in [2.75, 3.05) is 11.4 Å². The van der Waals surface area contributed by atoms with Crippen molar-refractivity contribution in [1.82, 2.24) is 15.1 Å². The molecular formula is C29H26F4N5O2+. The normalized spacial score (nSPS) is 17.1. The van der Waals surface area contributed by atoms with Crippen LogP contribution in [0.25, 0.3) is 5.69 Å². The topological polar surface area (TPSA) is 94.9 Å². The molecule has 5 rings (SSSR count). The van der Waals surface area contributed by atoms with Crippen molar-refractivity contribution in [3.8, 4) is 5.69 Å². The molecule has 1 aliphatic heterocycles. The molecule has 0 aliphatic carbocycles. The van der Waals surface area contributed by atoms with Gasteiger partial charge >= 0.3 is 6.18 Å². The van der Waals surface area contributed by atoms with Crippen molar-refractivity contribution in [2.45, 2.75) is 31.6 Å². The number of carbonyl (C=O) groups excluding carboxylic acids is 2. The summed E-state index contributed by atoms with van der Waals surface area (Å²) in [7, 11) is 0. The average molecular weight is 553 g/mol. The van der Waals surface area contributed by atoms with Gasteiger partial charge in [-0.2, -0.15) is 18.3 Å². The van der Waals surface area contributed by atoms with E-state index in [1.807, 2.05) is 30.3 Å². The van der Waals surface area contributed by atoms with E-state index >= 15 is 0 Å². The second-order valence-electron chi connectivity index (χ2n) is 9.32. The number of anilines is 1. The zero-order valence-corrected chi connectivity index (χ0v) is 21.5. The van der Waals surface area contributed by atoms with Crippen LogP contribution in [-0.4, -0.2) is 34.2 Å². The van der Waals surface area contributed by atoms with Gasteiger partial charge in [0.15, 0.2) is 0 Å². The summed E-state index contributed by atoms with van der Waals surface area (Å²) < 4.78 is 55.5. The number of amides is 2. The van der Waals surface area contributed by atoms with Gasteiger partial charge in [0.2, 0.25) is 0 Å². The first-order valence-electron chi connectivity index (χ1n) is 12.7. The first-order chi connectivity index (χ1) is 19.1. The summed E-state index contributed by atoms with van der Waals surface area (Å²) in [6, 6.07) is 17.6. The lowest BCUT2D eigenvalue weighted by Gasteiger charge is -2.38. The van der Waals surface area contributed by atoms with Gasteiger partial charge in [-0.1, -0.05) is 36.4 Å². The maximum Gasteiger partial charge on any atom is 0.416 e. The molecule has 4 N–H and O–H groups in total. The van der Waals surface area contributed by atoms with E-state index in [4.69, 9.17) is 5.10 Å². The van der Waals surface area contributed by atoms with E-state index in [-0.39, 0.29) is 18.7 Å². The van der Waals surface area contributed by atoms with Gasteiger partial charge in [-0.25, -0.2) is 9.07 Å². The molecule has 0 radical (unpaired) electrons. The number of para-hydroxylation sites is 1. The smallest absolute Gasteiger partial charge is 0.352 e. The minimum atomic E-state index is -4.64. The highest BCUT2D eigenvalue weighted by Crippen LogP contribution is 2.43. The third-order valence-electron chi connectivity index (χ3n) is 6.93. The summed E-state index contributed by atoms with van der Waals surface area (Å²) in [5, 5.41) is 7.45. The van der Waals surface area contributed by atoms with Crippen LogP contribution >= 0.6 is 0 Å². The molecule has 0 saturated heterocycles. The number of carbonyl (C=O) groups is 2. The summed E-state index contributed by atoms with van der Waals surface area (Å²) in [5.74, 6) is -2.12. The summed E-state index contributed by atoms with van der Waals surface area (Å²) in [4.78, 5) is 28.9. The Bertz CT molecular complexity index is 1550. The first-order valence-corrected chi connectivity index (χ1v) is 12.7. The number of nitrogens with one attached hydrogen (secondary N) is 1. The molecule has 2 amide bonds. The van der Waals surface area contributed by atoms with E-state index in [2.05, 4.69) is 11.1 Å². The van der Waals surface area contributed by atoms with Gasteiger partial charge in [0.25, 0.3) is 11.8 Å². The number of hydrogen-bond donors (Lipinski definition) is 2. The van der Waals surface area contributed by atoms with Crippen LogP contribution in [0.5, 0.6) is 0 Å². The SMILES string of the molecule is CCN1C(=O)[C@@H](NC(=O)c2cccc(C(F)(F)F)c2)[C@@H](c2ccc(F)cc2)c2c(C[NH3+])nn(-c3ccccc3)c21. The van der Waals surface area contributed by atoms with Crippen molar-refractivity contribution >= 4 is 17.6 Å². The van der Waals surface area contributed by atoms with Crippen LogP contribution in [0.4, 0.5) is 23.4 Å². The molecule has 4 aromatic rings. The van der Waals surface area contributed by atoms with E-state index in [1.54, 1.807) is 11.6 Å². The lowest BCUT2D eigenvalue weighted by molar-refractivity contribution is -0.387. The minimum Gasteiger partial charge on any atom is -0.352 e. The summed E-state index contributed by atoms with van der Waals surface area (Å²) in [6.07, 6.45) is -4.64. The molecule has 2 atom stereocenters. The third kappa shape index (κ3) is 4.84. The van der Waals surface area contributed by atoms with Crippen molar-refractivity contribution in [3.63, 3.8) is 0 Å². The maximum atomic E-state index is 14.0. The summed E-state index contributed by atoms with van der Waals surface area (Å²) in [5.41, 5.74) is 5.22. The molecule has 11 heteroatoms. The molecule has 1 aromatic heterocycles. The molecule has 0 fully saturated rings. The van der Waals surface area contributed by atoms with Crippen LogP contribution in [0.3, 0.4) is 0 Å². The molecule has 0 spiro atoms. The second-order valence-corrected chi connectivity index (χ2v) is 9.32. The number of fused-ring (bicyclic) bond motifs is 1. The number of likely N-dealkylation sites (N-methyl/N-ethyl adjacent to an activating group) is 1. The summed E-state index contributed by atoms with van der Waals surface area (Å²) >= 11 is 0. The zero-order valence-electron chi connectivity index (χ0n) is 21.5. The fourth-order valence-electron chi connectivity index (χ4n) is 5.10. The van der Waals surface area contributed by atoms with Crippen molar-refractivity contribution in [3.05, 3.63) is 113 Å². The number of aromatic nitrogens is 2. The molecule has 0 unspecified atom stereocenters. The lowest BCUT2D eigenvalue weighted by atomic mass is 9.80. The van der Waals surface area contributed by atoms with Crippen LogP contribution in [0.15, 0.2) is 78.9 Å². The molecule has 0 bridgehead atoms. The Morgan fingerprint density at radius 2 is 1.73 bits per heavy atom. The van der Waals surface area contributed by atoms with E-state index in [9.17, 15) is 27.2 Å². The standard InChI is InChI=1S/C29H25F4N5O2/c1-2-37-27-24(22(16-34)36-38(27)21-9-4-3-5-10-21)23(17-11-13-20(30)14-12-17)25(28(37)40)35-26(39)18-7-6-8-19(15-18)29(31,32)33/h3-15,23,25H,2,16,34H2,1H3,(H,35,39)/p+1/t23-,25-/m0/s1. The maximum absolute atomic E-state index is 14.0. The molecule has 2 heterocycles. The number of alkyl halides is 3. The van der Waals surface area contributed by atoms with E-state index in [0.717, 1.165) is 18.2 Å². The first kappa shape index (κ1) is 27.1. The Labute approximate surface area is 227 Å². The largest absolute Gasteiger partial charge is 0.416 e. The number of nitrogens with zero attached hydrogens (tertiary/aromatic N) is 3. The third-order valence-corrected chi connectivity index (χ3v) is 6.93. The van der Waals surface area contributed by atoms with Crippen molar-refractivity contribution < 1.29 is 32.9 Å². The highest BCUT2D eigenvalue weighted by Gasteiger charge is 2.46. The fourth-order valence-corrected chi connectivity index (χ4v) is 5.10. The highest BCUT2D eigenvalue weighted by molar-refractivity contribution is 6.05. The molecule has 206 valence electrons. The van der Waals surface area contributed by atoms with Gasteiger partial charge in [0, 0.05) is 23.6 Å². The number of halogens is 4. The minimum absolute atomic E-state index is 0.229. The quantitative estimate of drug-likeness (QED) is 0.353. The molecule has 7 nitrogen and oxygen atoms in total. The van der Waals surface area contributed by atoms with Gasteiger partial charge in [0.1, 0.15) is 29.9 Å². The molecule has 40 heavy (non-hydrogen) atoms. The Hall–Kier alpha value is -4.51. The zero-order chi connectivity index (χ0) is 28.6. The van der Waals surface area contributed by atoms with Crippen LogP contribution in [0.1, 0.15) is 45.6 Å². The molecule has 0 saturated carbocycles. The van der Waals surface area contributed by atoms with E-state index < -0.39 is 41.3 Å². The number of quaternary nitrogens is 1. The number of hydrogen-bond acceptors (Lipinski definition) is 3. The molecule has 3 aromatic carbocycles. The van der Waals surface area contributed by atoms with Gasteiger partial charge in [-0.3, -0.25) is 14.5 Å². The number of benzene rings is 3. The van der Waals surface area contributed by atoms with E-state index in [0.29, 0.717) is 28.3 Å². The van der Waals surface area contributed by atoms with Gasteiger partial charge < -0.3 is 11.1 Å². The van der Waals surface area contributed by atoms with Crippen LogP contribution < -0.4 is 16.0 Å². The Morgan fingerprint density at radius 3 is 2.35 bits per heavy atom. The van der Waals surface area contributed by atoms with Gasteiger partial charge in [0.05, 0.1) is 11.3 Å². The van der Waals surface area contributed by atoms with Crippen LogP contribution in [0, 0.1) is 5.82 Å². The molecule has 1 aliphatic rings. The van der Waals surface area contributed by atoms with Gasteiger partial charge in [-0.15, -0.1) is 0 Å². The van der Waals surface area contributed by atoms with E-state index in [1.165, 1.54) is 35.2 Å². The monoisotopic (exact) mass is 552 g/mol. The predicted octanol–water partition coefficient (Wildman–Crippen LogP) is 4.07. The highest BCUT2D eigenvalue weighted by atomic mass is 19.4. The average Bonchev–Trinajstić information content (AvgIpc) is 3.33. The van der Waals surface area contributed by atoms with Crippen LogP contribution in [0.2, 0.25) is 0 Å². The Kier molecular flexibility index (Phi) is 7.16. The second kappa shape index (κ2) is 10.6. The van der Waals surface area contributed by atoms with Gasteiger partial charge in [-0.05, 0) is 55.0 Å². The predicted molar refractivity (Wildman–Crippen MR) is 139 cm³/mol. The number of rotatable bonds is 6. The Balaban J connectivity index is 1.67. The van der Waals surface area contributed by atoms with Crippen molar-refractivity contribution in [2.24, 2.45) is 0 Å². The van der Waals surface area contributed by atoms with Crippen molar-refractivity contribution in [1.29, 1.82) is 0 Å². The summed E-state index contributed by atoms with van der Waals surface area (Å²) in [6.45, 7) is 2.25. The fraction of sp³-hybridized carbons (Fsp3) is 0.207.